The predicted molar refractivity (Wildman–Crippen MR) is 119 cm³/mol. The summed E-state index contributed by atoms with van der Waals surface area (Å²) in [6.45, 7) is -0.585. The molecule has 2 heterocycles. The fourth-order valence-electron chi connectivity index (χ4n) is 3.90. The van der Waals surface area contributed by atoms with Crippen LogP contribution in [0.4, 0.5) is 14.6 Å². The maximum absolute atomic E-state index is 14.6. The maximum atomic E-state index is 14.6. The predicted octanol–water partition coefficient (Wildman–Crippen LogP) is 2.52. The maximum Gasteiger partial charge on any atom is 0.351 e. The largest absolute Gasteiger partial charge is 0.386 e. The number of rotatable bonds is 9. The summed E-state index contributed by atoms with van der Waals surface area (Å²) in [5.41, 5.74) is 3.85. The second-order valence-corrected chi connectivity index (χ2v) is 7.99. The first kappa shape index (κ1) is 24.0. The van der Waals surface area contributed by atoms with Crippen molar-refractivity contribution >= 4 is 5.82 Å². The van der Waals surface area contributed by atoms with Gasteiger partial charge >= 0.3 is 5.69 Å². The molecule has 4 rings (SSSR count). The lowest BCUT2D eigenvalue weighted by molar-refractivity contribution is -0.215. The number of hydrogen-bond acceptors (Lipinski definition) is 7. The average Bonchev–Trinajstić information content (AvgIpc) is 3.11. The summed E-state index contributed by atoms with van der Waals surface area (Å²) in [7, 11) is 0. The topological polar surface area (TPSA) is 109 Å². The van der Waals surface area contributed by atoms with Crippen molar-refractivity contribution in [2.45, 2.75) is 43.7 Å². The van der Waals surface area contributed by atoms with Gasteiger partial charge in [0.05, 0.1) is 19.8 Å². The Kier molecular flexibility index (Phi) is 7.32. The number of nitrogens with zero attached hydrogens (tertiary/aromatic N) is 2. The Labute approximate surface area is 194 Å². The van der Waals surface area contributed by atoms with Crippen molar-refractivity contribution < 1.29 is 28.1 Å². The molecule has 34 heavy (non-hydrogen) atoms. The molecule has 1 saturated heterocycles. The van der Waals surface area contributed by atoms with E-state index in [9.17, 15) is 18.7 Å². The van der Waals surface area contributed by atoms with Crippen LogP contribution in [0.5, 0.6) is 0 Å². The van der Waals surface area contributed by atoms with Crippen molar-refractivity contribution in [2.75, 3.05) is 12.3 Å². The number of nitrogen functional groups attached to an aromatic ring is 1. The molecule has 0 saturated carbocycles. The van der Waals surface area contributed by atoms with Crippen LogP contribution in [0.3, 0.4) is 0 Å². The number of hydrogen-bond donors (Lipinski definition) is 2. The van der Waals surface area contributed by atoms with Crippen molar-refractivity contribution in [3.8, 4) is 0 Å². The lowest BCUT2D eigenvalue weighted by Gasteiger charge is -2.33. The molecule has 1 fully saturated rings. The molecule has 0 unspecified atom stereocenters. The second-order valence-electron chi connectivity index (χ2n) is 7.99. The molecule has 2 aromatic carbocycles. The summed E-state index contributed by atoms with van der Waals surface area (Å²) in [4.78, 5) is 16.0. The van der Waals surface area contributed by atoms with E-state index < -0.39 is 42.8 Å². The van der Waals surface area contributed by atoms with E-state index >= 15 is 0 Å². The van der Waals surface area contributed by atoms with E-state index in [-0.39, 0.29) is 19.0 Å². The Bertz CT molecular complexity index is 1130. The molecule has 1 aromatic heterocycles. The van der Waals surface area contributed by atoms with Crippen molar-refractivity contribution in [1.29, 1.82) is 0 Å². The van der Waals surface area contributed by atoms with Gasteiger partial charge in [0.1, 0.15) is 18.0 Å². The third-order valence-electron chi connectivity index (χ3n) is 5.63. The summed E-state index contributed by atoms with van der Waals surface area (Å²) >= 11 is 0. The summed E-state index contributed by atoms with van der Waals surface area (Å²) in [6, 6.07) is 19.3. The minimum Gasteiger partial charge on any atom is -0.386 e. The Morgan fingerprint density at radius 1 is 1.06 bits per heavy atom. The monoisotopic (exact) mass is 473 g/mol. The van der Waals surface area contributed by atoms with E-state index in [1.54, 1.807) is 48.5 Å². The molecule has 3 N–H and O–H groups in total. The highest BCUT2D eigenvalue weighted by Gasteiger charge is 2.62. The van der Waals surface area contributed by atoms with Crippen LogP contribution in [-0.2, 0) is 27.4 Å². The molecule has 1 aliphatic heterocycles. The van der Waals surface area contributed by atoms with Crippen LogP contribution in [0.25, 0.3) is 0 Å². The molecule has 10 heteroatoms. The van der Waals surface area contributed by atoms with Crippen LogP contribution in [0.2, 0.25) is 0 Å². The van der Waals surface area contributed by atoms with Crippen LogP contribution in [0.1, 0.15) is 17.4 Å². The quantitative estimate of drug-likeness (QED) is 0.492. The van der Waals surface area contributed by atoms with E-state index in [1.807, 2.05) is 12.1 Å². The van der Waals surface area contributed by atoms with Gasteiger partial charge in [-0.05, 0) is 17.2 Å². The van der Waals surface area contributed by atoms with Crippen molar-refractivity contribution in [3.63, 3.8) is 0 Å². The number of benzene rings is 2. The molecule has 0 radical (unpaired) electrons. The number of aromatic nitrogens is 2. The third kappa shape index (κ3) is 5.00. The number of ether oxygens (including phenoxy) is 3. The van der Waals surface area contributed by atoms with Gasteiger partial charge in [-0.2, -0.15) is 4.98 Å². The molecule has 180 valence electrons. The fraction of sp³-hybridized carbons (Fsp3) is 0.333. The van der Waals surface area contributed by atoms with Gasteiger partial charge in [-0.1, -0.05) is 60.7 Å². The number of halogens is 2. The Morgan fingerprint density at radius 2 is 1.68 bits per heavy atom. The lowest BCUT2D eigenvalue weighted by atomic mass is 9.96. The zero-order valence-corrected chi connectivity index (χ0v) is 18.2. The molecule has 4 atom stereocenters. The molecule has 0 aliphatic carbocycles. The van der Waals surface area contributed by atoms with Crippen molar-refractivity contribution in [1.82, 2.24) is 9.55 Å². The minimum absolute atomic E-state index is 0.0445. The highest BCUT2D eigenvalue weighted by Crippen LogP contribution is 2.43. The Hall–Kier alpha value is -3.18. The van der Waals surface area contributed by atoms with Gasteiger partial charge in [-0.25, -0.2) is 13.6 Å². The highest BCUT2D eigenvalue weighted by molar-refractivity contribution is 5.24. The van der Waals surface area contributed by atoms with Crippen LogP contribution in [0, 0.1) is 0 Å². The molecular weight excluding hydrogens is 448 g/mol. The first-order valence-electron chi connectivity index (χ1n) is 10.7. The van der Waals surface area contributed by atoms with Gasteiger partial charge in [-0.15, -0.1) is 0 Å². The number of aliphatic hydroxyl groups excluding tert-OH is 1. The number of anilines is 1. The van der Waals surface area contributed by atoms with Crippen molar-refractivity contribution in [3.05, 3.63) is 94.5 Å². The fourth-order valence-corrected chi connectivity index (χ4v) is 3.90. The van der Waals surface area contributed by atoms with E-state index in [2.05, 4.69) is 4.98 Å². The normalized spacial score (nSPS) is 24.5. The summed E-state index contributed by atoms with van der Waals surface area (Å²) in [6.07, 6.45) is -6.45. The minimum atomic E-state index is -3.10. The van der Waals surface area contributed by atoms with Crippen LogP contribution >= 0.6 is 0 Å². The standard InChI is InChI=1S/C24H25F2N3O5/c25-22(26)24(15-32-13-16-7-3-1-4-8-16)20(33-14-17-9-5-2-6-10-17)19(30)21(34-24)29-12-11-18(27)28-23(29)31/h1-12,19-22,30H,13-15H2,(H2,27,28,31)/t19-,20-,21+,24+/m0/s1. The van der Waals surface area contributed by atoms with E-state index in [1.165, 1.54) is 12.3 Å². The molecule has 1 aliphatic rings. The van der Waals surface area contributed by atoms with Crippen LogP contribution in [0.15, 0.2) is 77.7 Å². The van der Waals surface area contributed by atoms with Crippen LogP contribution in [-0.4, -0.2) is 45.5 Å². The van der Waals surface area contributed by atoms with Gasteiger partial charge in [0.25, 0.3) is 6.43 Å². The summed E-state index contributed by atoms with van der Waals surface area (Å²) < 4.78 is 47.2. The molecule has 8 nitrogen and oxygen atoms in total. The molecule has 3 aromatic rings. The SMILES string of the molecule is Nc1ccn([C@@H]2O[C@@](COCc3ccccc3)(C(F)F)[C@@H](OCc3ccccc3)[C@@H]2O)c(=O)n1. The average molecular weight is 473 g/mol. The van der Waals surface area contributed by atoms with E-state index in [0.717, 1.165) is 15.7 Å². The van der Waals surface area contributed by atoms with Gasteiger partial charge in [0.15, 0.2) is 11.8 Å². The Morgan fingerprint density at radius 3 is 2.26 bits per heavy atom. The Balaban J connectivity index is 1.62. The number of nitrogens with two attached hydrogens (primary N) is 1. The molecular formula is C24H25F2N3O5. The molecule has 0 spiro atoms. The molecule has 0 amide bonds. The van der Waals surface area contributed by atoms with Gasteiger partial charge in [0.2, 0.25) is 0 Å². The number of aliphatic hydroxyl groups is 1. The molecule has 0 bridgehead atoms. The lowest BCUT2D eigenvalue weighted by Crippen LogP contribution is -2.53. The van der Waals surface area contributed by atoms with Gasteiger partial charge < -0.3 is 25.1 Å². The summed E-state index contributed by atoms with van der Waals surface area (Å²) in [5.74, 6) is -0.0445. The highest BCUT2D eigenvalue weighted by atomic mass is 19.3. The van der Waals surface area contributed by atoms with E-state index in [4.69, 9.17) is 19.9 Å². The zero-order chi connectivity index (χ0) is 24.1. The zero-order valence-electron chi connectivity index (χ0n) is 18.2. The summed E-state index contributed by atoms with van der Waals surface area (Å²) in [5, 5.41) is 11.0. The van der Waals surface area contributed by atoms with Gasteiger partial charge in [-0.3, -0.25) is 4.57 Å². The third-order valence-corrected chi connectivity index (χ3v) is 5.63. The smallest absolute Gasteiger partial charge is 0.351 e. The first-order valence-corrected chi connectivity index (χ1v) is 10.7. The van der Waals surface area contributed by atoms with Crippen LogP contribution < -0.4 is 11.4 Å². The number of alkyl halides is 2. The van der Waals surface area contributed by atoms with Gasteiger partial charge in [0, 0.05) is 6.20 Å². The first-order chi connectivity index (χ1) is 16.4. The van der Waals surface area contributed by atoms with Crippen molar-refractivity contribution in [2.24, 2.45) is 0 Å². The second kappa shape index (κ2) is 10.4. The van der Waals surface area contributed by atoms with E-state index in [0.29, 0.717) is 0 Å².